The molecule has 0 spiro atoms. The Morgan fingerprint density at radius 2 is 2.05 bits per heavy atom. The van der Waals surface area contributed by atoms with Crippen LogP contribution in [0.5, 0.6) is 0 Å². The number of rotatable bonds is 7. The normalized spacial score (nSPS) is 12.6. The summed E-state index contributed by atoms with van der Waals surface area (Å²) in [6.45, 7) is 6.88. The molecule has 3 nitrogen and oxygen atoms in total. The van der Waals surface area contributed by atoms with Crippen LogP contribution in [0.2, 0.25) is 0 Å². The van der Waals surface area contributed by atoms with Gasteiger partial charge in [0.1, 0.15) is 6.10 Å². The highest BCUT2D eigenvalue weighted by atomic mass is 16.5. The highest BCUT2D eigenvalue weighted by Crippen LogP contribution is 2.02. The van der Waals surface area contributed by atoms with Gasteiger partial charge in [0.15, 0.2) is 6.10 Å². The maximum atomic E-state index is 11.0. The zero-order valence-corrected chi connectivity index (χ0v) is 12.2. The Morgan fingerprint density at radius 1 is 1.35 bits per heavy atom. The molecule has 0 aromatic carbocycles. The van der Waals surface area contributed by atoms with Crippen LogP contribution < -0.4 is 0 Å². The first kappa shape index (κ1) is 18.0. The van der Waals surface area contributed by atoms with E-state index < -0.39 is 12.2 Å². The van der Waals surface area contributed by atoms with E-state index in [1.54, 1.807) is 6.08 Å². The molecular formula is C17H22O3. The highest BCUT2D eigenvalue weighted by Gasteiger charge is 2.02. The van der Waals surface area contributed by atoms with Crippen molar-refractivity contribution in [1.29, 1.82) is 0 Å². The second kappa shape index (κ2) is 12.1. The highest BCUT2D eigenvalue weighted by molar-refractivity contribution is 5.66. The summed E-state index contributed by atoms with van der Waals surface area (Å²) in [6.07, 6.45) is 7.95. The summed E-state index contributed by atoms with van der Waals surface area (Å²) < 4.78 is 5.04. The van der Waals surface area contributed by atoms with Crippen molar-refractivity contribution in [3.8, 4) is 23.7 Å². The molecule has 3 heteroatoms. The number of carbonyl (C=O) groups excluding carboxylic acids is 1. The number of aliphatic hydroxyl groups excluding tert-OH is 1. The average molecular weight is 274 g/mol. The lowest BCUT2D eigenvalue weighted by atomic mass is 10.2. The molecule has 0 aliphatic heterocycles. The van der Waals surface area contributed by atoms with Gasteiger partial charge in [0.05, 0.1) is 0 Å². The molecule has 0 amide bonds. The fourth-order valence-electron chi connectivity index (χ4n) is 1.30. The van der Waals surface area contributed by atoms with E-state index in [0.29, 0.717) is 0 Å². The summed E-state index contributed by atoms with van der Waals surface area (Å²) >= 11 is 0. The standard InChI is InChI=1S/C17H22O3/c1-4-6-7-8-9-13-17(20-15(3)18)14-11-10-12-16(19)5-2/h5,9,13,16-17,19H,2,4,6-8H2,1,3H3/b13-9-/t16-,17+/m0/s1. The molecule has 20 heavy (non-hydrogen) atoms. The Kier molecular flexibility index (Phi) is 10.9. The van der Waals surface area contributed by atoms with E-state index >= 15 is 0 Å². The largest absolute Gasteiger partial charge is 0.445 e. The minimum atomic E-state index is -0.888. The van der Waals surface area contributed by atoms with Gasteiger partial charge in [-0.1, -0.05) is 44.4 Å². The summed E-state index contributed by atoms with van der Waals surface area (Å²) in [6, 6.07) is 0. The molecule has 1 N–H and O–H groups in total. The fourth-order valence-corrected chi connectivity index (χ4v) is 1.30. The van der Waals surface area contributed by atoms with Crippen LogP contribution in [0.15, 0.2) is 24.8 Å². The zero-order valence-electron chi connectivity index (χ0n) is 12.2. The lowest BCUT2D eigenvalue weighted by Gasteiger charge is -2.05. The number of aliphatic hydroxyl groups is 1. The van der Waals surface area contributed by atoms with Crippen molar-refractivity contribution in [2.24, 2.45) is 0 Å². The smallest absolute Gasteiger partial charge is 0.304 e. The molecule has 0 aromatic rings. The van der Waals surface area contributed by atoms with Crippen molar-refractivity contribution < 1.29 is 14.6 Å². The Morgan fingerprint density at radius 3 is 2.65 bits per heavy atom. The summed E-state index contributed by atoms with van der Waals surface area (Å²) in [5, 5.41) is 9.13. The number of esters is 1. The Balaban J connectivity index is 4.47. The van der Waals surface area contributed by atoms with Gasteiger partial charge in [0.25, 0.3) is 0 Å². The first-order valence-electron chi connectivity index (χ1n) is 6.75. The van der Waals surface area contributed by atoms with Gasteiger partial charge in [-0.15, -0.1) is 0 Å². The molecule has 2 atom stereocenters. The number of hydrogen-bond acceptors (Lipinski definition) is 3. The average Bonchev–Trinajstić information content (AvgIpc) is 2.42. The number of ether oxygens (including phenoxy) is 1. The van der Waals surface area contributed by atoms with Crippen molar-refractivity contribution in [1.82, 2.24) is 0 Å². The van der Waals surface area contributed by atoms with Crippen molar-refractivity contribution in [3.05, 3.63) is 24.8 Å². The minimum Gasteiger partial charge on any atom is -0.445 e. The van der Waals surface area contributed by atoms with E-state index in [1.165, 1.54) is 25.8 Å². The molecule has 0 heterocycles. The van der Waals surface area contributed by atoms with Crippen LogP contribution in [0.25, 0.3) is 0 Å². The summed E-state index contributed by atoms with van der Waals surface area (Å²) in [7, 11) is 0. The predicted molar refractivity (Wildman–Crippen MR) is 80.6 cm³/mol. The molecule has 0 aliphatic carbocycles. The third kappa shape index (κ3) is 11.1. The summed E-state index contributed by atoms with van der Waals surface area (Å²) in [5.74, 6) is 9.86. The fraction of sp³-hybridized carbons (Fsp3) is 0.471. The van der Waals surface area contributed by atoms with Crippen LogP contribution in [0.4, 0.5) is 0 Å². The Bertz CT molecular complexity index is 440. The Hall–Kier alpha value is -1.97. The van der Waals surface area contributed by atoms with Crippen LogP contribution in [0.1, 0.15) is 39.5 Å². The molecule has 0 unspecified atom stereocenters. The zero-order chi connectivity index (χ0) is 15.2. The Labute approximate surface area is 121 Å². The lowest BCUT2D eigenvalue weighted by molar-refractivity contribution is -0.142. The predicted octanol–water partition coefficient (Wildman–Crippen LogP) is 2.61. The monoisotopic (exact) mass is 274 g/mol. The summed E-state index contributed by atoms with van der Waals surface area (Å²) in [4.78, 5) is 11.0. The second-order valence-electron chi connectivity index (χ2n) is 4.17. The molecule has 0 rings (SSSR count). The summed E-state index contributed by atoms with van der Waals surface area (Å²) in [5.41, 5.74) is 0. The molecule has 0 radical (unpaired) electrons. The maximum absolute atomic E-state index is 11.0. The van der Waals surface area contributed by atoms with Crippen molar-refractivity contribution >= 4 is 5.97 Å². The van der Waals surface area contributed by atoms with Crippen molar-refractivity contribution in [2.75, 3.05) is 0 Å². The van der Waals surface area contributed by atoms with E-state index in [1.807, 2.05) is 6.08 Å². The molecule has 0 fully saturated rings. The number of allylic oxidation sites excluding steroid dienone is 1. The van der Waals surface area contributed by atoms with Gasteiger partial charge in [0.2, 0.25) is 0 Å². The molecule has 0 aliphatic rings. The lowest BCUT2D eigenvalue weighted by Crippen LogP contribution is -2.11. The molecule has 0 aromatic heterocycles. The van der Waals surface area contributed by atoms with E-state index in [-0.39, 0.29) is 5.97 Å². The van der Waals surface area contributed by atoms with Gasteiger partial charge >= 0.3 is 5.97 Å². The van der Waals surface area contributed by atoms with Gasteiger partial charge in [-0.25, -0.2) is 0 Å². The number of hydrogen-bond donors (Lipinski definition) is 1. The van der Waals surface area contributed by atoms with Crippen LogP contribution in [-0.2, 0) is 9.53 Å². The van der Waals surface area contributed by atoms with E-state index in [4.69, 9.17) is 9.84 Å². The topological polar surface area (TPSA) is 46.5 Å². The molecule has 0 saturated heterocycles. The third-order valence-electron chi connectivity index (χ3n) is 2.30. The third-order valence-corrected chi connectivity index (χ3v) is 2.30. The van der Waals surface area contributed by atoms with Crippen LogP contribution in [0, 0.1) is 23.7 Å². The van der Waals surface area contributed by atoms with Crippen molar-refractivity contribution in [3.63, 3.8) is 0 Å². The van der Waals surface area contributed by atoms with Crippen LogP contribution in [0.3, 0.4) is 0 Å². The first-order valence-corrected chi connectivity index (χ1v) is 6.75. The molecular weight excluding hydrogens is 252 g/mol. The van der Waals surface area contributed by atoms with Crippen LogP contribution >= 0.6 is 0 Å². The molecule has 0 bridgehead atoms. The van der Waals surface area contributed by atoms with E-state index in [2.05, 4.69) is 37.2 Å². The SMILES string of the molecule is C=C[C@H](O)C#CC#C[C@@H](/C=C\CCCCC)OC(C)=O. The van der Waals surface area contributed by atoms with Gasteiger partial charge < -0.3 is 9.84 Å². The van der Waals surface area contributed by atoms with Gasteiger partial charge in [0, 0.05) is 6.92 Å². The van der Waals surface area contributed by atoms with E-state index in [0.717, 1.165) is 12.8 Å². The van der Waals surface area contributed by atoms with Gasteiger partial charge in [-0.3, -0.25) is 4.79 Å². The quantitative estimate of drug-likeness (QED) is 0.336. The van der Waals surface area contributed by atoms with Gasteiger partial charge in [-0.05, 0) is 36.7 Å². The number of carbonyl (C=O) groups is 1. The first-order chi connectivity index (χ1) is 9.60. The molecule has 0 saturated carbocycles. The minimum absolute atomic E-state index is 0.387. The maximum Gasteiger partial charge on any atom is 0.304 e. The number of unbranched alkanes of at least 4 members (excludes halogenated alkanes) is 3. The van der Waals surface area contributed by atoms with E-state index in [9.17, 15) is 4.79 Å². The van der Waals surface area contributed by atoms with Crippen molar-refractivity contribution in [2.45, 2.75) is 51.7 Å². The molecule has 108 valence electrons. The van der Waals surface area contributed by atoms with Gasteiger partial charge in [-0.2, -0.15) is 0 Å². The second-order valence-corrected chi connectivity index (χ2v) is 4.17. The van der Waals surface area contributed by atoms with Crippen LogP contribution in [-0.4, -0.2) is 23.3 Å².